The maximum absolute atomic E-state index is 17.4. The van der Waals surface area contributed by atoms with Gasteiger partial charge in [-0.3, -0.25) is 14.5 Å². The SMILES string of the molecule is C=C(COC(O)Nc1cc2cc3c(nc2cc1F)-c1cc2c(c(=O)n1C3)COC(=O)[C@]2(O)CC)C(=O)N1CCN(c2nc(OC[C@@]34CCCN3C[C@H](F)C4)nc3c(F)c(-c4ccc(F)c5sc(N)c(C#N)c45)c(Cl)cc23)[C@@H](C)C1. The molecule has 5 aliphatic heterocycles. The van der Waals surface area contributed by atoms with E-state index in [-0.39, 0.29) is 146 Å². The number of aromatic nitrogens is 4. The van der Waals surface area contributed by atoms with Gasteiger partial charge in [0.15, 0.2) is 11.4 Å². The Kier molecular flexibility index (Phi) is 12.8. The van der Waals surface area contributed by atoms with Gasteiger partial charge in [-0.15, -0.1) is 11.3 Å². The summed E-state index contributed by atoms with van der Waals surface area (Å²) in [4.78, 5) is 59.6. The van der Waals surface area contributed by atoms with Gasteiger partial charge >= 0.3 is 12.0 Å². The van der Waals surface area contributed by atoms with E-state index in [1.807, 2.05) is 17.9 Å². The number of anilines is 3. The van der Waals surface area contributed by atoms with Crippen molar-refractivity contribution in [1.82, 2.24) is 29.3 Å². The second-order valence-corrected chi connectivity index (χ2v) is 22.2. The van der Waals surface area contributed by atoms with Gasteiger partial charge in [0.2, 0.25) is 6.41 Å². The Bertz CT molecular complexity index is 3910. The number of thiophene rings is 1. The van der Waals surface area contributed by atoms with E-state index in [0.717, 1.165) is 29.9 Å². The van der Waals surface area contributed by atoms with E-state index in [1.165, 1.54) is 27.7 Å². The number of halogens is 5. The number of amides is 1. The maximum atomic E-state index is 17.4. The fraction of sp³-hybridized carbons (Fsp3) is 0.364. The van der Waals surface area contributed by atoms with Crippen LogP contribution in [0.4, 0.5) is 34.1 Å². The third-order valence-corrected chi connectivity index (χ3v) is 17.4. The lowest BCUT2D eigenvalue weighted by atomic mass is 9.86. The lowest BCUT2D eigenvalue weighted by Gasteiger charge is -2.41. The zero-order valence-electron chi connectivity index (χ0n) is 42.5. The number of nitriles is 1. The number of nitrogens with one attached hydrogen (secondary N) is 1. The minimum absolute atomic E-state index is 0.0250. The number of esters is 1. The predicted octanol–water partition coefficient (Wildman–Crippen LogP) is 7.38. The molecule has 0 bridgehead atoms. The van der Waals surface area contributed by atoms with E-state index >= 15 is 13.2 Å². The van der Waals surface area contributed by atoms with Crippen molar-refractivity contribution in [3.8, 4) is 34.6 Å². The molecule has 4 aromatic heterocycles. The predicted molar refractivity (Wildman–Crippen MR) is 286 cm³/mol. The lowest BCUT2D eigenvalue weighted by Crippen LogP contribution is -2.54. The van der Waals surface area contributed by atoms with Gasteiger partial charge in [-0.1, -0.05) is 31.2 Å². The summed E-state index contributed by atoms with van der Waals surface area (Å²) < 4.78 is 81.6. The number of cyclic esters (lactones) is 1. The van der Waals surface area contributed by atoms with E-state index in [2.05, 4.69) is 26.8 Å². The summed E-state index contributed by atoms with van der Waals surface area (Å²) in [6, 6.07) is 11.2. The number of pyridine rings is 2. The summed E-state index contributed by atoms with van der Waals surface area (Å²) in [5, 5.41) is 35.4. The molecule has 3 fully saturated rings. The summed E-state index contributed by atoms with van der Waals surface area (Å²) in [5.41, 5.74) is 4.56. The second-order valence-electron chi connectivity index (χ2n) is 20.7. The van der Waals surface area contributed by atoms with E-state index in [0.29, 0.717) is 35.3 Å². The molecule has 9 heterocycles. The Hall–Kier alpha value is -7.46. The first-order valence-electron chi connectivity index (χ1n) is 25.5. The number of fused-ring (bicyclic) bond motifs is 8. The topological polar surface area (TPSA) is 235 Å². The van der Waals surface area contributed by atoms with Gasteiger partial charge in [0.25, 0.3) is 11.5 Å². The molecule has 5 atom stereocenters. The molecule has 3 aromatic carbocycles. The van der Waals surface area contributed by atoms with Gasteiger partial charge in [-0.2, -0.15) is 15.2 Å². The number of carbonyl (C=O) groups is 2. The minimum atomic E-state index is -2.01. The summed E-state index contributed by atoms with van der Waals surface area (Å²) in [6.45, 7) is 8.14. The Morgan fingerprint density at radius 2 is 1.92 bits per heavy atom. The molecule has 0 radical (unpaired) electrons. The normalized spacial score (nSPS) is 21.9. The number of ether oxygens (including phenoxy) is 3. The fourth-order valence-electron chi connectivity index (χ4n) is 12.1. The van der Waals surface area contributed by atoms with Crippen LogP contribution in [0.25, 0.3) is 54.4 Å². The standard InChI is InChI=1S/C55H49ClF4N10O8S/c1-4-55(75)34-15-40-44-28(20-70(40)50(72)33(34)23-76-51(55)73)12-27-13-39(37(59)16-38(27)63-44)64-53(74)77-22-25(2)49(71)67-10-11-69(26(3)19-67)48-31-14-35(56)42(30-6-7-36(58)46-41(30)32(18-61)47(62)79-46)43(60)45(31)65-52(66-48)78-24-54-8-5-9-68(54)21-29(57)17-54/h6-7,12-16,26,29,53,64,74-75H,2,4-5,8-11,17,19-24,62H2,1,3H3/t26-,29+,53?,54-,55-/m0/s1. The Labute approximate surface area is 456 Å². The van der Waals surface area contributed by atoms with Gasteiger partial charge in [-0.05, 0) is 68.6 Å². The first-order chi connectivity index (χ1) is 37.8. The van der Waals surface area contributed by atoms with Gasteiger partial charge in [0, 0.05) is 83.1 Å². The molecule has 0 spiro atoms. The third kappa shape index (κ3) is 8.49. The summed E-state index contributed by atoms with van der Waals surface area (Å²) >= 11 is 7.82. The number of nitrogen functional groups attached to an aromatic ring is 1. The number of piperazine rings is 1. The molecule has 0 saturated carbocycles. The van der Waals surface area contributed by atoms with Crippen LogP contribution < -0.4 is 26.2 Å². The van der Waals surface area contributed by atoms with Gasteiger partial charge < -0.3 is 49.8 Å². The monoisotopic (exact) mass is 1120 g/mol. The molecule has 1 amide bonds. The summed E-state index contributed by atoms with van der Waals surface area (Å²) in [7, 11) is 0. The number of nitrogens with zero attached hydrogens (tertiary/aromatic N) is 8. The number of benzene rings is 3. The molecule has 12 rings (SSSR count). The molecule has 3 saturated heterocycles. The smallest absolute Gasteiger partial charge is 0.343 e. The number of rotatable bonds is 12. The number of carbonyl (C=O) groups excluding carboxylic acids is 2. The number of hydrogen-bond acceptors (Lipinski definition) is 17. The van der Waals surface area contributed by atoms with Crippen LogP contribution in [0.15, 0.2) is 59.4 Å². The van der Waals surface area contributed by atoms with Crippen LogP contribution in [0.2, 0.25) is 5.02 Å². The van der Waals surface area contributed by atoms with Crippen molar-refractivity contribution >= 4 is 83.2 Å². The highest BCUT2D eigenvalue weighted by molar-refractivity contribution is 7.23. The number of hydrogen-bond donors (Lipinski definition) is 4. The van der Waals surface area contributed by atoms with E-state index in [4.69, 9.17) is 36.5 Å². The van der Waals surface area contributed by atoms with E-state index in [9.17, 15) is 34.2 Å². The molecule has 5 aliphatic rings. The first kappa shape index (κ1) is 52.3. The van der Waals surface area contributed by atoms with Crippen LogP contribution in [0.3, 0.4) is 0 Å². The molecule has 1 unspecified atom stereocenters. The zero-order chi connectivity index (χ0) is 55.6. The van der Waals surface area contributed by atoms with Crippen molar-refractivity contribution in [2.24, 2.45) is 0 Å². The van der Waals surface area contributed by atoms with Gasteiger partial charge in [0.05, 0.1) is 62.1 Å². The average Bonchev–Trinajstić information content (AvgIpc) is 4.20. The van der Waals surface area contributed by atoms with Crippen molar-refractivity contribution in [1.29, 1.82) is 5.26 Å². The van der Waals surface area contributed by atoms with Crippen molar-refractivity contribution < 1.29 is 51.6 Å². The highest BCUT2D eigenvalue weighted by atomic mass is 35.5. The fourth-order valence-corrected chi connectivity index (χ4v) is 13.3. The van der Waals surface area contributed by atoms with Crippen LogP contribution in [-0.2, 0) is 37.8 Å². The summed E-state index contributed by atoms with van der Waals surface area (Å²) in [5.74, 6) is -3.45. The Morgan fingerprint density at radius 1 is 1.11 bits per heavy atom. The Balaban J connectivity index is 0.756. The molecular weight excluding hydrogens is 1070 g/mol. The van der Waals surface area contributed by atoms with Crippen LogP contribution in [-0.4, -0.2) is 122 Å². The van der Waals surface area contributed by atoms with Crippen molar-refractivity contribution in [3.63, 3.8) is 0 Å². The molecule has 0 aliphatic carbocycles. The molecular formula is C55H49ClF4N10O8S. The van der Waals surface area contributed by atoms with Gasteiger partial charge in [0.1, 0.15) is 53.4 Å². The highest BCUT2D eigenvalue weighted by Gasteiger charge is 2.50. The number of aliphatic hydroxyl groups excluding tert-OH is 1. The lowest BCUT2D eigenvalue weighted by molar-refractivity contribution is -0.172. The molecule has 408 valence electrons. The zero-order valence-corrected chi connectivity index (χ0v) is 44.0. The molecule has 5 N–H and O–H groups in total. The van der Waals surface area contributed by atoms with Crippen LogP contribution in [0, 0.1) is 28.8 Å². The highest BCUT2D eigenvalue weighted by Crippen LogP contribution is 2.47. The van der Waals surface area contributed by atoms with Crippen molar-refractivity contribution in [2.75, 3.05) is 61.9 Å². The quantitative estimate of drug-likeness (QED) is 0.0404. The van der Waals surface area contributed by atoms with Crippen LogP contribution >= 0.6 is 22.9 Å². The number of alkyl halides is 1. The Morgan fingerprint density at radius 3 is 2.70 bits per heavy atom. The summed E-state index contributed by atoms with van der Waals surface area (Å²) in [6.07, 6.45) is -1.07. The second kappa shape index (κ2) is 19.4. The average molecular weight is 1120 g/mol. The minimum Gasteiger partial charge on any atom is -0.461 e. The van der Waals surface area contributed by atoms with E-state index in [1.54, 1.807) is 19.1 Å². The first-order valence-corrected chi connectivity index (χ1v) is 26.7. The van der Waals surface area contributed by atoms with Crippen LogP contribution in [0.5, 0.6) is 6.01 Å². The molecule has 18 nitrogen and oxygen atoms in total. The molecule has 24 heteroatoms. The van der Waals surface area contributed by atoms with Crippen molar-refractivity contribution in [2.45, 2.75) is 82.4 Å². The van der Waals surface area contributed by atoms with Gasteiger partial charge in [-0.25, -0.2) is 27.3 Å². The molecule has 79 heavy (non-hydrogen) atoms. The third-order valence-electron chi connectivity index (χ3n) is 16.1. The number of nitrogens with two attached hydrogens (primary N) is 1. The largest absolute Gasteiger partial charge is 0.461 e. The van der Waals surface area contributed by atoms with E-state index < -0.39 is 71.3 Å². The van der Waals surface area contributed by atoms with Crippen LogP contribution in [0.1, 0.15) is 61.8 Å². The number of aliphatic hydroxyl groups is 2. The molecule has 7 aromatic rings. The maximum Gasteiger partial charge on any atom is 0.343 e. The van der Waals surface area contributed by atoms with Crippen molar-refractivity contribution in [3.05, 3.63) is 110 Å².